The average Bonchev–Trinajstić information content (AvgIpc) is 2.16. The molecule has 0 atom stereocenters. The minimum Gasteiger partial charge on any atom is -0.369 e. The topological polar surface area (TPSA) is 41.1 Å². The largest absolute Gasteiger partial charge is 0.369 e. The van der Waals surface area contributed by atoms with E-state index in [1.807, 2.05) is 14.0 Å². The Hall–Kier alpha value is -1.32. The molecule has 1 aromatic heterocycles. The van der Waals surface area contributed by atoms with Gasteiger partial charge in [0.2, 0.25) is 0 Å². The molecule has 0 radical (unpaired) electrons. The lowest BCUT2D eigenvalue weighted by molar-refractivity contribution is 0.417. The van der Waals surface area contributed by atoms with E-state index in [0.29, 0.717) is 0 Å². The maximum atomic E-state index is 4.50. The van der Waals surface area contributed by atoms with Gasteiger partial charge in [-0.3, -0.25) is 4.98 Å². The molecule has 0 aliphatic rings. The molecule has 1 rings (SSSR count). The van der Waals surface area contributed by atoms with Crippen LogP contribution in [0, 0.1) is 5.41 Å². The molecule has 90 valence electrons. The summed E-state index contributed by atoms with van der Waals surface area (Å²) in [5, 5.41) is 3.17. The van der Waals surface area contributed by atoms with Crippen molar-refractivity contribution in [2.24, 2.45) is 5.41 Å². The molecule has 0 aliphatic carbocycles. The summed E-state index contributed by atoms with van der Waals surface area (Å²) < 4.78 is 0. The quantitative estimate of drug-likeness (QED) is 0.849. The number of anilines is 2. The van der Waals surface area contributed by atoms with Gasteiger partial charge in [-0.25, -0.2) is 4.98 Å². The highest BCUT2D eigenvalue weighted by atomic mass is 15.2. The van der Waals surface area contributed by atoms with E-state index in [0.717, 1.165) is 24.7 Å². The molecule has 0 bridgehead atoms. The van der Waals surface area contributed by atoms with Crippen molar-refractivity contribution in [3.8, 4) is 0 Å². The Balaban J connectivity index is 2.75. The fraction of sp³-hybridized carbons (Fsp3) is 0.667. The van der Waals surface area contributed by atoms with Crippen LogP contribution in [-0.2, 0) is 0 Å². The van der Waals surface area contributed by atoms with E-state index in [-0.39, 0.29) is 5.41 Å². The molecule has 0 spiro atoms. The van der Waals surface area contributed by atoms with Crippen molar-refractivity contribution in [3.05, 3.63) is 12.4 Å². The van der Waals surface area contributed by atoms with Gasteiger partial charge < -0.3 is 10.2 Å². The van der Waals surface area contributed by atoms with Crippen LogP contribution in [0.1, 0.15) is 27.7 Å². The summed E-state index contributed by atoms with van der Waals surface area (Å²) >= 11 is 0. The van der Waals surface area contributed by atoms with Crippen LogP contribution in [0.2, 0.25) is 0 Å². The number of nitrogens with one attached hydrogen (secondary N) is 1. The molecule has 0 saturated heterocycles. The number of hydrogen-bond acceptors (Lipinski definition) is 4. The second-order valence-corrected chi connectivity index (χ2v) is 5.21. The van der Waals surface area contributed by atoms with Gasteiger partial charge in [0.25, 0.3) is 0 Å². The Kier molecular flexibility index (Phi) is 4.10. The zero-order valence-electron chi connectivity index (χ0n) is 10.9. The summed E-state index contributed by atoms with van der Waals surface area (Å²) in [6, 6.07) is 0. The van der Waals surface area contributed by atoms with Crippen molar-refractivity contribution in [1.82, 2.24) is 9.97 Å². The predicted molar refractivity (Wildman–Crippen MR) is 68.9 cm³/mol. The highest BCUT2D eigenvalue weighted by Crippen LogP contribution is 2.18. The Bertz CT molecular complexity index is 330. The molecule has 0 unspecified atom stereocenters. The van der Waals surface area contributed by atoms with Crippen LogP contribution in [0.5, 0.6) is 0 Å². The van der Waals surface area contributed by atoms with E-state index < -0.39 is 0 Å². The van der Waals surface area contributed by atoms with Crippen molar-refractivity contribution in [1.29, 1.82) is 0 Å². The van der Waals surface area contributed by atoms with Crippen molar-refractivity contribution in [2.75, 3.05) is 30.4 Å². The molecule has 1 aromatic rings. The second kappa shape index (κ2) is 5.14. The predicted octanol–water partition coefficient (Wildman–Crippen LogP) is 2.39. The van der Waals surface area contributed by atoms with E-state index in [4.69, 9.17) is 0 Å². The smallest absolute Gasteiger partial charge is 0.149 e. The first-order valence-electron chi connectivity index (χ1n) is 5.69. The Morgan fingerprint density at radius 3 is 2.56 bits per heavy atom. The lowest BCUT2D eigenvalue weighted by atomic mass is 9.96. The van der Waals surface area contributed by atoms with Crippen LogP contribution in [-0.4, -0.2) is 30.1 Å². The van der Waals surface area contributed by atoms with Crippen molar-refractivity contribution in [3.63, 3.8) is 0 Å². The lowest BCUT2D eigenvalue weighted by Gasteiger charge is -2.27. The molecular weight excluding hydrogens is 200 g/mol. The minimum atomic E-state index is 0.255. The molecule has 4 heteroatoms. The second-order valence-electron chi connectivity index (χ2n) is 5.21. The van der Waals surface area contributed by atoms with Gasteiger partial charge in [-0.15, -0.1) is 0 Å². The molecule has 0 amide bonds. The SMILES string of the molecule is CCNc1cncc(N(C)CC(C)(C)C)n1. The van der Waals surface area contributed by atoms with E-state index in [1.165, 1.54) is 0 Å². The average molecular weight is 222 g/mol. The maximum Gasteiger partial charge on any atom is 0.149 e. The number of hydrogen-bond donors (Lipinski definition) is 1. The summed E-state index contributed by atoms with van der Waals surface area (Å²) in [6.45, 7) is 10.5. The van der Waals surface area contributed by atoms with Gasteiger partial charge in [0.1, 0.15) is 11.6 Å². The Labute approximate surface area is 98.1 Å². The monoisotopic (exact) mass is 222 g/mol. The van der Waals surface area contributed by atoms with E-state index in [2.05, 4.69) is 41.0 Å². The first kappa shape index (κ1) is 12.7. The fourth-order valence-electron chi connectivity index (χ4n) is 1.60. The van der Waals surface area contributed by atoms with Gasteiger partial charge in [0.05, 0.1) is 12.4 Å². The maximum absolute atomic E-state index is 4.50. The third-order valence-electron chi connectivity index (χ3n) is 2.08. The van der Waals surface area contributed by atoms with Crippen LogP contribution < -0.4 is 10.2 Å². The highest BCUT2D eigenvalue weighted by Gasteiger charge is 2.15. The normalized spacial score (nSPS) is 11.3. The summed E-state index contributed by atoms with van der Waals surface area (Å²) in [6.07, 6.45) is 3.55. The Morgan fingerprint density at radius 1 is 1.31 bits per heavy atom. The molecule has 1 heterocycles. The number of aromatic nitrogens is 2. The van der Waals surface area contributed by atoms with E-state index in [9.17, 15) is 0 Å². The van der Waals surface area contributed by atoms with Crippen molar-refractivity contribution >= 4 is 11.6 Å². The molecule has 0 saturated carbocycles. The van der Waals surface area contributed by atoms with Gasteiger partial charge in [-0.05, 0) is 12.3 Å². The number of rotatable bonds is 4. The molecule has 0 aliphatic heterocycles. The third-order valence-corrected chi connectivity index (χ3v) is 2.08. The molecule has 0 aromatic carbocycles. The summed E-state index contributed by atoms with van der Waals surface area (Å²) in [5.41, 5.74) is 0.255. The lowest BCUT2D eigenvalue weighted by Crippen LogP contribution is -2.29. The highest BCUT2D eigenvalue weighted by molar-refractivity contribution is 5.43. The van der Waals surface area contributed by atoms with Crippen molar-refractivity contribution < 1.29 is 0 Å². The van der Waals surface area contributed by atoms with Crippen molar-refractivity contribution in [2.45, 2.75) is 27.7 Å². The van der Waals surface area contributed by atoms with Crippen LogP contribution >= 0.6 is 0 Å². The van der Waals surface area contributed by atoms with Crippen LogP contribution in [0.3, 0.4) is 0 Å². The fourth-order valence-corrected chi connectivity index (χ4v) is 1.60. The molecule has 1 N–H and O–H groups in total. The summed E-state index contributed by atoms with van der Waals surface area (Å²) in [5.74, 6) is 1.74. The zero-order valence-corrected chi connectivity index (χ0v) is 10.9. The van der Waals surface area contributed by atoms with Gasteiger partial charge in [-0.1, -0.05) is 20.8 Å². The molecule has 4 nitrogen and oxygen atoms in total. The van der Waals surface area contributed by atoms with Gasteiger partial charge in [0, 0.05) is 20.1 Å². The standard InChI is InChI=1S/C12H22N4/c1-6-14-10-7-13-8-11(15-10)16(5)9-12(2,3)4/h7-8H,6,9H2,1-5H3,(H,14,15). The van der Waals surface area contributed by atoms with E-state index >= 15 is 0 Å². The first-order valence-corrected chi connectivity index (χ1v) is 5.69. The minimum absolute atomic E-state index is 0.255. The van der Waals surface area contributed by atoms with Gasteiger partial charge in [0.15, 0.2) is 0 Å². The summed E-state index contributed by atoms with van der Waals surface area (Å²) in [7, 11) is 2.05. The molecule has 16 heavy (non-hydrogen) atoms. The van der Waals surface area contributed by atoms with Crippen LogP contribution in [0.25, 0.3) is 0 Å². The van der Waals surface area contributed by atoms with Gasteiger partial charge in [-0.2, -0.15) is 0 Å². The zero-order chi connectivity index (χ0) is 12.2. The first-order chi connectivity index (χ1) is 7.42. The number of nitrogens with zero attached hydrogens (tertiary/aromatic N) is 3. The van der Waals surface area contributed by atoms with Crippen LogP contribution in [0.15, 0.2) is 12.4 Å². The van der Waals surface area contributed by atoms with Crippen LogP contribution in [0.4, 0.5) is 11.6 Å². The molecule has 0 fully saturated rings. The Morgan fingerprint density at radius 2 is 2.00 bits per heavy atom. The van der Waals surface area contributed by atoms with E-state index in [1.54, 1.807) is 12.4 Å². The molecular formula is C12H22N4. The van der Waals surface area contributed by atoms with Gasteiger partial charge >= 0.3 is 0 Å². The third kappa shape index (κ3) is 4.04. The summed E-state index contributed by atoms with van der Waals surface area (Å²) in [4.78, 5) is 10.8.